The fourth-order valence-electron chi connectivity index (χ4n) is 1.96. The number of amides is 1. The second-order valence-electron chi connectivity index (χ2n) is 5.41. The lowest BCUT2D eigenvalue weighted by molar-refractivity contribution is -0.111. The molecule has 8 nitrogen and oxygen atoms in total. The van der Waals surface area contributed by atoms with Crippen LogP contribution >= 0.6 is 11.6 Å². The van der Waals surface area contributed by atoms with E-state index in [-0.39, 0.29) is 17.7 Å². The van der Waals surface area contributed by atoms with Crippen molar-refractivity contribution in [2.75, 3.05) is 23.0 Å². The maximum absolute atomic E-state index is 11.4. The molecule has 0 bridgehead atoms. The van der Waals surface area contributed by atoms with Crippen LogP contribution < -0.4 is 21.3 Å². The summed E-state index contributed by atoms with van der Waals surface area (Å²) in [6, 6.07) is 7.05. The van der Waals surface area contributed by atoms with Crippen molar-refractivity contribution in [3.63, 3.8) is 0 Å². The van der Waals surface area contributed by atoms with Crippen molar-refractivity contribution in [1.82, 2.24) is 15.3 Å². The molecular weight excluding hydrogens is 366 g/mol. The largest absolute Gasteiger partial charge is 0.392 e. The summed E-state index contributed by atoms with van der Waals surface area (Å²) >= 11 is 6.16. The second kappa shape index (κ2) is 9.35. The molecule has 1 heterocycles. The molecule has 0 unspecified atom stereocenters. The molecule has 2 aromatic rings. The van der Waals surface area contributed by atoms with Crippen LogP contribution in [0.1, 0.15) is 6.92 Å². The molecule has 0 aliphatic rings. The van der Waals surface area contributed by atoms with Crippen molar-refractivity contribution < 1.29 is 4.79 Å². The van der Waals surface area contributed by atoms with E-state index in [1.165, 1.54) is 12.3 Å². The Labute approximate surface area is 162 Å². The summed E-state index contributed by atoms with van der Waals surface area (Å²) in [5.41, 5.74) is 2.09. The highest BCUT2D eigenvalue weighted by molar-refractivity contribution is 6.33. The standard InChI is InChI=1S/C18H20ClN7O/c1-4-16(27)23-12-6-5-7-13(9-12)24-17-14(19)10-22-18(26-17)25-15(20)8-11(2)21-3/h4-10,21H,1H2,2-3H3,(H,23,27)(H3,20,22,24,25,26)/b11-8-. The van der Waals surface area contributed by atoms with Crippen molar-refractivity contribution in [3.8, 4) is 0 Å². The highest BCUT2D eigenvalue weighted by Gasteiger charge is 2.08. The topological polar surface area (TPSA) is 115 Å². The summed E-state index contributed by atoms with van der Waals surface area (Å²) in [4.78, 5) is 19.8. The molecule has 0 radical (unpaired) electrons. The number of hydrogen-bond donors (Lipinski definition) is 5. The lowest BCUT2D eigenvalue weighted by atomic mass is 10.2. The SMILES string of the molecule is C=CC(=O)Nc1cccc(Nc2nc(NC(=N)/C=C(/C)NC)ncc2Cl)c1. The second-order valence-corrected chi connectivity index (χ2v) is 5.81. The maximum atomic E-state index is 11.4. The first-order chi connectivity index (χ1) is 12.9. The number of aromatic nitrogens is 2. The van der Waals surface area contributed by atoms with Crippen molar-refractivity contribution in [2.45, 2.75) is 6.92 Å². The minimum Gasteiger partial charge on any atom is -0.392 e. The fraction of sp³-hybridized carbons (Fsp3) is 0.111. The predicted molar refractivity (Wildman–Crippen MR) is 110 cm³/mol. The number of nitrogens with zero attached hydrogens (tertiary/aromatic N) is 2. The van der Waals surface area contributed by atoms with Crippen LogP contribution in [0, 0.1) is 5.41 Å². The summed E-state index contributed by atoms with van der Waals surface area (Å²) < 4.78 is 0. The molecule has 0 fully saturated rings. The third kappa shape index (κ3) is 6.12. The molecular formula is C18H20ClN7O. The molecule has 1 aromatic carbocycles. The Balaban J connectivity index is 2.17. The molecule has 0 atom stereocenters. The van der Waals surface area contributed by atoms with E-state index in [0.29, 0.717) is 22.2 Å². The number of anilines is 4. The van der Waals surface area contributed by atoms with Crippen LogP contribution in [0.15, 0.2) is 54.9 Å². The predicted octanol–water partition coefficient (Wildman–Crippen LogP) is 3.51. The average Bonchev–Trinajstić information content (AvgIpc) is 2.64. The summed E-state index contributed by atoms with van der Waals surface area (Å²) in [7, 11) is 1.77. The van der Waals surface area contributed by atoms with Gasteiger partial charge < -0.3 is 21.3 Å². The van der Waals surface area contributed by atoms with E-state index >= 15 is 0 Å². The van der Waals surface area contributed by atoms with Crippen molar-refractivity contribution in [1.29, 1.82) is 5.41 Å². The Morgan fingerprint density at radius 3 is 2.74 bits per heavy atom. The van der Waals surface area contributed by atoms with Crippen LogP contribution in [0.2, 0.25) is 5.02 Å². The average molecular weight is 386 g/mol. The third-order valence-electron chi connectivity index (χ3n) is 3.32. The third-order valence-corrected chi connectivity index (χ3v) is 3.60. The van der Waals surface area contributed by atoms with Gasteiger partial charge >= 0.3 is 0 Å². The highest BCUT2D eigenvalue weighted by atomic mass is 35.5. The molecule has 2 rings (SSSR count). The van der Waals surface area contributed by atoms with E-state index in [0.717, 1.165) is 5.70 Å². The minimum atomic E-state index is -0.304. The summed E-state index contributed by atoms with van der Waals surface area (Å²) in [5, 5.41) is 19.7. The molecule has 1 amide bonds. The van der Waals surface area contributed by atoms with E-state index in [9.17, 15) is 4.79 Å². The minimum absolute atomic E-state index is 0.129. The van der Waals surface area contributed by atoms with Gasteiger partial charge in [0.2, 0.25) is 11.9 Å². The van der Waals surface area contributed by atoms with Crippen LogP contribution in [0.4, 0.5) is 23.1 Å². The zero-order chi connectivity index (χ0) is 19.8. The van der Waals surface area contributed by atoms with Gasteiger partial charge in [-0.2, -0.15) is 4.98 Å². The Bertz CT molecular complexity index is 895. The van der Waals surface area contributed by atoms with Crippen molar-refractivity contribution in [2.24, 2.45) is 0 Å². The number of rotatable bonds is 7. The molecule has 0 spiro atoms. The van der Waals surface area contributed by atoms with Crippen LogP contribution in [0.3, 0.4) is 0 Å². The van der Waals surface area contributed by atoms with Gasteiger partial charge in [0, 0.05) is 24.1 Å². The Kier molecular flexibility index (Phi) is 6.90. The summed E-state index contributed by atoms with van der Waals surface area (Å²) in [6.45, 7) is 5.26. The van der Waals surface area contributed by atoms with E-state index in [1.54, 1.807) is 37.4 Å². The Morgan fingerprint density at radius 1 is 1.30 bits per heavy atom. The zero-order valence-corrected chi connectivity index (χ0v) is 15.7. The number of allylic oxidation sites excluding steroid dienone is 1. The monoisotopic (exact) mass is 385 g/mol. The van der Waals surface area contributed by atoms with Gasteiger partial charge in [0.25, 0.3) is 0 Å². The number of carbonyl (C=O) groups is 1. The first-order valence-corrected chi connectivity index (χ1v) is 8.33. The van der Waals surface area contributed by atoms with Gasteiger partial charge in [-0.3, -0.25) is 10.2 Å². The quantitative estimate of drug-likeness (QED) is 0.283. The van der Waals surface area contributed by atoms with Gasteiger partial charge in [0.1, 0.15) is 10.9 Å². The summed E-state index contributed by atoms with van der Waals surface area (Å²) in [5.74, 6) is 0.415. The molecule has 27 heavy (non-hydrogen) atoms. The zero-order valence-electron chi connectivity index (χ0n) is 14.9. The number of hydrogen-bond acceptors (Lipinski definition) is 6. The van der Waals surface area contributed by atoms with Crippen LogP contribution in [0.25, 0.3) is 0 Å². The van der Waals surface area contributed by atoms with E-state index in [4.69, 9.17) is 17.0 Å². The highest BCUT2D eigenvalue weighted by Crippen LogP contribution is 2.25. The Hall–Kier alpha value is -3.39. The number of amidine groups is 1. The molecule has 9 heteroatoms. The van der Waals surface area contributed by atoms with Gasteiger partial charge in [-0.1, -0.05) is 24.2 Å². The molecule has 0 aliphatic carbocycles. The number of benzene rings is 1. The molecule has 0 saturated heterocycles. The van der Waals surface area contributed by atoms with Crippen LogP contribution in [-0.2, 0) is 4.79 Å². The summed E-state index contributed by atoms with van der Waals surface area (Å²) in [6.07, 6.45) is 4.24. The number of carbonyl (C=O) groups excluding carboxylic acids is 1. The van der Waals surface area contributed by atoms with Gasteiger partial charge in [-0.25, -0.2) is 4.98 Å². The number of halogens is 1. The molecule has 1 aromatic heterocycles. The molecule has 0 saturated carbocycles. The van der Waals surface area contributed by atoms with E-state index in [1.807, 2.05) is 6.92 Å². The molecule has 5 N–H and O–H groups in total. The lowest BCUT2D eigenvalue weighted by Crippen LogP contribution is -2.14. The first kappa shape index (κ1) is 19.9. The first-order valence-electron chi connectivity index (χ1n) is 7.96. The van der Waals surface area contributed by atoms with Gasteiger partial charge in [0.15, 0.2) is 5.82 Å². The lowest BCUT2D eigenvalue weighted by Gasteiger charge is -2.11. The van der Waals surface area contributed by atoms with Crippen LogP contribution in [0.5, 0.6) is 0 Å². The smallest absolute Gasteiger partial charge is 0.247 e. The Morgan fingerprint density at radius 2 is 2.04 bits per heavy atom. The van der Waals surface area contributed by atoms with Crippen LogP contribution in [-0.4, -0.2) is 28.8 Å². The molecule has 140 valence electrons. The number of nitrogens with one attached hydrogen (secondary N) is 5. The van der Waals surface area contributed by atoms with Crippen molar-refractivity contribution in [3.05, 3.63) is 59.9 Å². The van der Waals surface area contributed by atoms with Gasteiger partial charge in [-0.05, 0) is 37.3 Å². The maximum Gasteiger partial charge on any atom is 0.247 e. The van der Waals surface area contributed by atoms with Gasteiger partial charge in [0.05, 0.1) is 6.20 Å². The molecule has 0 aliphatic heterocycles. The van der Waals surface area contributed by atoms with Gasteiger partial charge in [-0.15, -0.1) is 0 Å². The van der Waals surface area contributed by atoms with Crippen molar-refractivity contribution >= 4 is 46.5 Å². The normalized spacial score (nSPS) is 10.7. The van der Waals surface area contributed by atoms with E-state index in [2.05, 4.69) is 37.8 Å². The van der Waals surface area contributed by atoms with E-state index < -0.39 is 0 Å². The fourth-order valence-corrected chi connectivity index (χ4v) is 2.10.